The van der Waals surface area contributed by atoms with Gasteiger partial charge in [0.25, 0.3) is 0 Å². The first-order valence-electron chi connectivity index (χ1n) is 4.66. The van der Waals surface area contributed by atoms with E-state index in [-0.39, 0.29) is 0 Å². The minimum atomic E-state index is 0.420. The summed E-state index contributed by atoms with van der Waals surface area (Å²) in [5.74, 6) is 0. The molecule has 15 heavy (non-hydrogen) atoms. The lowest BCUT2D eigenvalue weighted by atomic mass is 10.1. The molecule has 76 valence electrons. The van der Waals surface area contributed by atoms with E-state index in [1.165, 1.54) is 0 Å². The molecule has 2 aromatic rings. The number of nitroso groups, excluding NO2 is 1. The lowest BCUT2D eigenvalue weighted by molar-refractivity contribution is 0.743. The molecule has 0 unspecified atom stereocenters. The molecule has 0 amide bonds. The Labute approximate surface area is 87.5 Å². The van der Waals surface area contributed by atoms with E-state index in [9.17, 15) is 4.91 Å². The second-order valence-corrected chi connectivity index (χ2v) is 3.36. The van der Waals surface area contributed by atoms with Gasteiger partial charge in [-0.25, -0.2) is 0 Å². The van der Waals surface area contributed by atoms with Gasteiger partial charge in [-0.2, -0.15) is 5.10 Å². The van der Waals surface area contributed by atoms with E-state index in [1.54, 1.807) is 11.7 Å². The Hall–Kier alpha value is -1.97. The van der Waals surface area contributed by atoms with Crippen molar-refractivity contribution in [1.29, 1.82) is 0 Å². The topological polar surface area (TPSA) is 47.2 Å². The third-order valence-corrected chi connectivity index (χ3v) is 2.44. The maximum Gasteiger partial charge on any atom is 0.156 e. The van der Waals surface area contributed by atoms with Gasteiger partial charge in [-0.05, 0) is 12.1 Å². The molecular weight excluding hydrogens is 190 g/mol. The van der Waals surface area contributed by atoms with Gasteiger partial charge in [0.1, 0.15) is 5.69 Å². The van der Waals surface area contributed by atoms with Gasteiger partial charge < -0.3 is 0 Å². The van der Waals surface area contributed by atoms with Crippen LogP contribution in [0.2, 0.25) is 0 Å². The number of hydrogen-bond donors (Lipinski definition) is 0. The summed E-state index contributed by atoms with van der Waals surface area (Å²) in [6.45, 7) is 1.83. The smallest absolute Gasteiger partial charge is 0.156 e. The maximum atomic E-state index is 10.7. The Morgan fingerprint density at radius 3 is 2.53 bits per heavy atom. The Morgan fingerprint density at radius 1 is 1.27 bits per heavy atom. The Bertz CT molecular complexity index is 488. The molecule has 0 aliphatic heterocycles. The molecule has 4 nitrogen and oxygen atoms in total. The second kappa shape index (κ2) is 3.65. The molecule has 0 N–H and O–H groups in total. The van der Waals surface area contributed by atoms with Crippen LogP contribution in [0.1, 0.15) is 5.69 Å². The van der Waals surface area contributed by atoms with E-state index in [2.05, 4.69) is 10.3 Å². The summed E-state index contributed by atoms with van der Waals surface area (Å²) in [5, 5.41) is 7.31. The molecule has 0 spiro atoms. The zero-order valence-electron chi connectivity index (χ0n) is 8.64. The van der Waals surface area contributed by atoms with Crippen LogP contribution >= 0.6 is 0 Å². The van der Waals surface area contributed by atoms with Crippen molar-refractivity contribution in [2.24, 2.45) is 12.2 Å². The van der Waals surface area contributed by atoms with E-state index in [0.717, 1.165) is 11.3 Å². The van der Waals surface area contributed by atoms with Crippen molar-refractivity contribution in [1.82, 2.24) is 9.78 Å². The molecular formula is C11H11N3O. The number of aryl methyl sites for hydroxylation is 1. The third kappa shape index (κ3) is 1.54. The van der Waals surface area contributed by atoms with Gasteiger partial charge in [0.05, 0.1) is 5.69 Å². The van der Waals surface area contributed by atoms with Crippen LogP contribution in [0.3, 0.4) is 0 Å². The number of hydrogen-bond acceptors (Lipinski definition) is 3. The van der Waals surface area contributed by atoms with Crippen molar-refractivity contribution in [2.75, 3.05) is 0 Å². The van der Waals surface area contributed by atoms with Crippen molar-refractivity contribution in [3.8, 4) is 11.3 Å². The van der Waals surface area contributed by atoms with Crippen LogP contribution in [0.5, 0.6) is 0 Å². The van der Waals surface area contributed by atoms with Crippen LogP contribution in [0.15, 0.2) is 35.5 Å². The van der Waals surface area contributed by atoms with Crippen molar-refractivity contribution in [3.63, 3.8) is 0 Å². The first-order valence-corrected chi connectivity index (χ1v) is 4.66. The predicted octanol–water partition coefficient (Wildman–Crippen LogP) is 2.79. The zero-order chi connectivity index (χ0) is 10.8. The molecule has 0 fully saturated rings. The highest BCUT2D eigenvalue weighted by Crippen LogP contribution is 2.31. The molecule has 1 aromatic heterocycles. The number of aromatic nitrogens is 2. The molecule has 0 saturated carbocycles. The molecule has 0 saturated heterocycles. The molecule has 0 aliphatic carbocycles. The van der Waals surface area contributed by atoms with Gasteiger partial charge in [0.2, 0.25) is 0 Å². The Morgan fingerprint density at radius 2 is 1.93 bits per heavy atom. The van der Waals surface area contributed by atoms with Crippen LogP contribution < -0.4 is 0 Å². The average Bonchev–Trinajstić information content (AvgIpc) is 2.56. The molecule has 0 radical (unpaired) electrons. The third-order valence-electron chi connectivity index (χ3n) is 2.44. The minimum absolute atomic E-state index is 0.420. The summed E-state index contributed by atoms with van der Waals surface area (Å²) < 4.78 is 1.67. The average molecular weight is 201 g/mol. The van der Waals surface area contributed by atoms with Crippen LogP contribution in [0.25, 0.3) is 11.3 Å². The van der Waals surface area contributed by atoms with Gasteiger partial charge in [-0.15, -0.1) is 4.91 Å². The van der Waals surface area contributed by atoms with Crippen LogP contribution in [-0.2, 0) is 7.05 Å². The largest absolute Gasteiger partial charge is 0.270 e. The summed E-state index contributed by atoms with van der Waals surface area (Å²) in [5.41, 5.74) is 2.76. The summed E-state index contributed by atoms with van der Waals surface area (Å²) in [4.78, 5) is 10.7. The highest BCUT2D eigenvalue weighted by atomic mass is 16.3. The summed E-state index contributed by atoms with van der Waals surface area (Å²) in [6.07, 6.45) is 0. The summed E-state index contributed by atoms with van der Waals surface area (Å²) in [6, 6.07) is 9.57. The van der Waals surface area contributed by atoms with Gasteiger partial charge in [-0.1, -0.05) is 30.3 Å². The monoisotopic (exact) mass is 201 g/mol. The Kier molecular flexibility index (Phi) is 2.33. The quantitative estimate of drug-likeness (QED) is 0.701. The highest BCUT2D eigenvalue weighted by molar-refractivity contribution is 5.73. The summed E-state index contributed by atoms with van der Waals surface area (Å²) in [7, 11) is 1.80. The van der Waals surface area contributed by atoms with Crippen LogP contribution in [0.4, 0.5) is 5.69 Å². The fourth-order valence-electron chi connectivity index (χ4n) is 1.50. The van der Waals surface area contributed by atoms with Crippen molar-refractivity contribution >= 4 is 5.69 Å². The van der Waals surface area contributed by atoms with Crippen molar-refractivity contribution < 1.29 is 0 Å². The highest BCUT2D eigenvalue weighted by Gasteiger charge is 2.14. The van der Waals surface area contributed by atoms with Gasteiger partial charge in [0.15, 0.2) is 5.69 Å². The lowest BCUT2D eigenvalue weighted by Gasteiger charge is -1.95. The fourth-order valence-corrected chi connectivity index (χ4v) is 1.50. The van der Waals surface area contributed by atoms with Gasteiger partial charge >= 0.3 is 0 Å². The predicted molar refractivity (Wildman–Crippen MR) is 58.8 cm³/mol. The first-order chi connectivity index (χ1) is 7.24. The molecule has 0 aliphatic rings. The van der Waals surface area contributed by atoms with Crippen molar-refractivity contribution in [3.05, 3.63) is 40.9 Å². The normalized spacial score (nSPS) is 10.3. The lowest BCUT2D eigenvalue weighted by Crippen LogP contribution is -1.92. The SMILES string of the molecule is Cc1c(N=O)c(-c2ccccc2)nn1C. The summed E-state index contributed by atoms with van der Waals surface area (Å²) >= 11 is 0. The molecule has 0 bridgehead atoms. The molecule has 4 heteroatoms. The second-order valence-electron chi connectivity index (χ2n) is 3.36. The van der Waals surface area contributed by atoms with Crippen molar-refractivity contribution in [2.45, 2.75) is 6.92 Å². The van der Waals surface area contributed by atoms with E-state index >= 15 is 0 Å². The number of nitrogens with zero attached hydrogens (tertiary/aromatic N) is 3. The molecule has 2 rings (SSSR count). The maximum absolute atomic E-state index is 10.7. The zero-order valence-corrected chi connectivity index (χ0v) is 8.64. The fraction of sp³-hybridized carbons (Fsp3) is 0.182. The van der Waals surface area contributed by atoms with Gasteiger partial charge in [0, 0.05) is 12.6 Å². The van der Waals surface area contributed by atoms with Gasteiger partial charge in [-0.3, -0.25) is 4.68 Å². The van der Waals surface area contributed by atoms with E-state index in [1.807, 2.05) is 37.3 Å². The van der Waals surface area contributed by atoms with Crippen LogP contribution in [-0.4, -0.2) is 9.78 Å². The molecule has 1 aromatic carbocycles. The molecule has 0 atom stereocenters. The number of rotatable bonds is 2. The number of benzene rings is 1. The van der Waals surface area contributed by atoms with E-state index < -0.39 is 0 Å². The molecule has 1 heterocycles. The van der Waals surface area contributed by atoms with E-state index in [0.29, 0.717) is 11.4 Å². The minimum Gasteiger partial charge on any atom is -0.270 e. The Balaban J connectivity index is 2.63. The first kappa shape index (κ1) is 9.58. The standard InChI is InChI=1S/C11H11N3O/c1-8-10(13-15)11(12-14(8)2)9-6-4-3-5-7-9/h3-7H,1-2H3. The van der Waals surface area contributed by atoms with Crippen LogP contribution in [0, 0.1) is 11.8 Å². The van der Waals surface area contributed by atoms with E-state index in [4.69, 9.17) is 0 Å².